The highest BCUT2D eigenvalue weighted by Crippen LogP contribution is 2.34. The minimum absolute atomic E-state index is 0.130. The number of anilines is 1. The largest absolute Gasteiger partial charge is 0.379 e. The fraction of sp³-hybridized carbons (Fsp3) is 0.441. The number of aryl methyl sites for hydroxylation is 1. The lowest BCUT2D eigenvalue weighted by Crippen LogP contribution is -2.52. The van der Waals surface area contributed by atoms with Crippen LogP contribution in [-0.2, 0) is 29.7 Å². The number of halogens is 1. The van der Waals surface area contributed by atoms with Crippen molar-refractivity contribution in [3.05, 3.63) is 91.3 Å². The van der Waals surface area contributed by atoms with E-state index in [1.54, 1.807) is 18.1 Å². The summed E-state index contributed by atoms with van der Waals surface area (Å²) in [4.78, 5) is 55.7. The molecule has 0 bridgehead atoms. The number of piperidine rings is 2. The van der Waals surface area contributed by atoms with Crippen LogP contribution >= 0.6 is 15.9 Å². The number of nitrogens with one attached hydrogen (secondary N) is 2. The van der Waals surface area contributed by atoms with Crippen LogP contribution in [0.5, 0.6) is 0 Å². The van der Waals surface area contributed by atoms with Gasteiger partial charge in [0, 0.05) is 70.3 Å². The van der Waals surface area contributed by atoms with Gasteiger partial charge in [0.15, 0.2) is 0 Å². The molecule has 46 heavy (non-hydrogen) atoms. The van der Waals surface area contributed by atoms with E-state index in [9.17, 15) is 19.2 Å². The molecule has 1 aromatic heterocycles. The number of nitrogens with zero attached hydrogens (tertiary/aromatic N) is 5. The number of likely N-dealkylation sites (tertiary alicyclic amines) is 2. The summed E-state index contributed by atoms with van der Waals surface area (Å²) in [6.07, 6.45) is 3.30. The van der Waals surface area contributed by atoms with Gasteiger partial charge in [0.25, 0.3) is 11.5 Å². The Morgan fingerprint density at radius 2 is 1.72 bits per heavy atom. The van der Waals surface area contributed by atoms with Crippen LogP contribution in [0, 0.1) is 0 Å². The second kappa shape index (κ2) is 12.4. The molecule has 3 amide bonds. The average molecular weight is 689 g/mol. The fourth-order valence-corrected chi connectivity index (χ4v) is 7.88. The SMILES string of the molecule is CN1C[C@@H](Nc2cnn(C)c(=O)c2Br)C[C@@H](c2ccc(CN3CC(c4ccc5c(c4)CN(C4CCC(=O)NC4=O)C5=O)C3)cc2)C1. The molecule has 5 heterocycles. The van der Waals surface area contributed by atoms with Crippen molar-refractivity contribution in [2.24, 2.45) is 7.05 Å². The number of likely N-dealkylation sites (N-methyl/N-ethyl adjacent to an activating group) is 1. The van der Waals surface area contributed by atoms with Crippen LogP contribution in [0.15, 0.2) is 57.9 Å². The quantitative estimate of drug-likeness (QED) is 0.364. The van der Waals surface area contributed by atoms with Crippen molar-refractivity contribution in [3.8, 4) is 0 Å². The van der Waals surface area contributed by atoms with Gasteiger partial charge in [-0.3, -0.25) is 29.4 Å². The number of amides is 3. The maximum absolute atomic E-state index is 13.0. The van der Waals surface area contributed by atoms with E-state index >= 15 is 0 Å². The van der Waals surface area contributed by atoms with E-state index in [0.29, 0.717) is 34.8 Å². The number of fused-ring (bicyclic) bond motifs is 1. The predicted molar refractivity (Wildman–Crippen MR) is 176 cm³/mol. The van der Waals surface area contributed by atoms with Gasteiger partial charge in [-0.1, -0.05) is 36.4 Å². The number of hydrogen-bond donors (Lipinski definition) is 2. The first-order valence-corrected chi connectivity index (χ1v) is 16.7. The van der Waals surface area contributed by atoms with E-state index < -0.39 is 6.04 Å². The number of imide groups is 1. The monoisotopic (exact) mass is 687 g/mol. The molecule has 0 saturated carbocycles. The molecule has 4 aliphatic heterocycles. The number of carbonyl (C=O) groups excluding carboxylic acids is 3. The highest BCUT2D eigenvalue weighted by molar-refractivity contribution is 9.10. The van der Waals surface area contributed by atoms with Crippen molar-refractivity contribution in [2.45, 2.75) is 56.3 Å². The van der Waals surface area contributed by atoms with Gasteiger partial charge in [-0.15, -0.1) is 0 Å². The molecule has 240 valence electrons. The van der Waals surface area contributed by atoms with Crippen molar-refractivity contribution >= 4 is 39.3 Å². The van der Waals surface area contributed by atoms with Crippen LogP contribution in [0.4, 0.5) is 5.69 Å². The number of hydrogen-bond acceptors (Lipinski definition) is 8. The third-order valence-electron chi connectivity index (χ3n) is 9.90. The molecule has 3 saturated heterocycles. The lowest BCUT2D eigenvalue weighted by atomic mass is 9.87. The van der Waals surface area contributed by atoms with Crippen molar-refractivity contribution in [1.82, 2.24) is 29.8 Å². The topological polar surface area (TPSA) is 120 Å². The van der Waals surface area contributed by atoms with Crippen LogP contribution in [0.1, 0.15) is 63.7 Å². The maximum atomic E-state index is 13.0. The van der Waals surface area contributed by atoms with Crippen LogP contribution in [0.2, 0.25) is 0 Å². The second-order valence-corrected chi connectivity index (χ2v) is 14.0. The average Bonchev–Trinajstić information content (AvgIpc) is 3.34. The van der Waals surface area contributed by atoms with Crippen LogP contribution < -0.4 is 16.2 Å². The minimum atomic E-state index is -0.588. The molecule has 3 fully saturated rings. The first-order chi connectivity index (χ1) is 22.1. The summed E-state index contributed by atoms with van der Waals surface area (Å²) >= 11 is 3.43. The van der Waals surface area contributed by atoms with Crippen LogP contribution in [0.3, 0.4) is 0 Å². The summed E-state index contributed by atoms with van der Waals surface area (Å²) in [5.74, 6) is 0.00958. The molecule has 11 nitrogen and oxygen atoms in total. The molecule has 12 heteroatoms. The van der Waals surface area contributed by atoms with E-state index in [1.165, 1.54) is 21.4 Å². The molecule has 3 atom stereocenters. The zero-order chi connectivity index (χ0) is 32.1. The molecule has 1 unspecified atom stereocenters. The lowest BCUT2D eigenvalue weighted by Gasteiger charge is -2.40. The standard InChI is InChI=1S/C34H38BrN7O4/c1-39-15-23(12-26(19-39)37-28-13-36-40(2)34(46)31(28)35)21-5-3-20(4-6-21)14-41-16-25(17-41)22-7-8-27-24(11-22)18-42(33(27)45)29-9-10-30(43)38-32(29)44/h3-8,11,13,23,25-26,29,37H,9-10,12,14-19H2,1-2H3,(H,38,43,44)/t23-,26+,29?/m1/s1. The zero-order valence-electron chi connectivity index (χ0n) is 26.0. The van der Waals surface area contributed by atoms with Gasteiger partial charge in [-0.25, -0.2) is 4.68 Å². The van der Waals surface area contributed by atoms with Gasteiger partial charge in [-0.05, 0) is 70.1 Å². The molecule has 2 N–H and O–H groups in total. The summed E-state index contributed by atoms with van der Waals surface area (Å²) in [6.45, 7) is 5.09. The van der Waals surface area contributed by atoms with Crippen molar-refractivity contribution in [2.75, 3.05) is 38.5 Å². The van der Waals surface area contributed by atoms with Crippen molar-refractivity contribution in [3.63, 3.8) is 0 Å². The minimum Gasteiger partial charge on any atom is -0.379 e. The summed E-state index contributed by atoms with van der Waals surface area (Å²) < 4.78 is 1.83. The van der Waals surface area contributed by atoms with Gasteiger partial charge < -0.3 is 15.1 Å². The van der Waals surface area contributed by atoms with Gasteiger partial charge in [-0.2, -0.15) is 5.10 Å². The Morgan fingerprint density at radius 3 is 2.48 bits per heavy atom. The third kappa shape index (κ3) is 6.01. The summed E-state index contributed by atoms with van der Waals surface area (Å²) in [7, 11) is 3.78. The number of carbonyl (C=O) groups is 3. The lowest BCUT2D eigenvalue weighted by molar-refractivity contribution is -0.136. The summed E-state index contributed by atoms with van der Waals surface area (Å²) in [5, 5.41) is 10.1. The van der Waals surface area contributed by atoms with Crippen LogP contribution in [0.25, 0.3) is 0 Å². The number of rotatable bonds is 7. The number of aromatic nitrogens is 2. The van der Waals surface area contributed by atoms with E-state index in [4.69, 9.17) is 0 Å². The summed E-state index contributed by atoms with van der Waals surface area (Å²) in [6, 6.07) is 14.7. The Bertz CT molecular complexity index is 1750. The van der Waals surface area contributed by atoms with Gasteiger partial charge >= 0.3 is 0 Å². The Hall–Kier alpha value is -3.87. The zero-order valence-corrected chi connectivity index (χ0v) is 27.6. The van der Waals surface area contributed by atoms with E-state index in [-0.39, 0.29) is 35.7 Å². The maximum Gasteiger partial charge on any atom is 0.282 e. The summed E-state index contributed by atoms with van der Waals surface area (Å²) in [5.41, 5.74) is 6.03. The highest BCUT2D eigenvalue weighted by Gasteiger charge is 2.40. The molecule has 2 aromatic carbocycles. The van der Waals surface area contributed by atoms with E-state index in [2.05, 4.69) is 84.9 Å². The van der Waals surface area contributed by atoms with Gasteiger partial charge in [0.2, 0.25) is 11.8 Å². The van der Waals surface area contributed by atoms with Gasteiger partial charge in [0.05, 0.1) is 11.9 Å². The highest BCUT2D eigenvalue weighted by atomic mass is 79.9. The molecule has 4 aliphatic rings. The van der Waals surface area contributed by atoms with Crippen molar-refractivity contribution in [1.29, 1.82) is 0 Å². The van der Waals surface area contributed by atoms with Crippen molar-refractivity contribution < 1.29 is 14.4 Å². The molecule has 3 aromatic rings. The molecular formula is C34H38BrN7O4. The third-order valence-corrected chi connectivity index (χ3v) is 10.7. The number of benzene rings is 2. The van der Waals surface area contributed by atoms with E-state index in [1.807, 2.05) is 6.07 Å². The molecule has 0 aliphatic carbocycles. The predicted octanol–water partition coefficient (Wildman–Crippen LogP) is 2.80. The Kier molecular flexibility index (Phi) is 8.28. The first kappa shape index (κ1) is 30.8. The Morgan fingerprint density at radius 1 is 0.957 bits per heavy atom. The first-order valence-electron chi connectivity index (χ1n) is 15.9. The van der Waals surface area contributed by atoms with E-state index in [0.717, 1.165) is 50.4 Å². The molecular weight excluding hydrogens is 650 g/mol. The molecule has 0 radical (unpaired) electrons. The van der Waals surface area contributed by atoms with Gasteiger partial charge in [0.1, 0.15) is 10.5 Å². The fourth-order valence-electron chi connectivity index (χ4n) is 7.41. The smallest absolute Gasteiger partial charge is 0.282 e. The Labute approximate surface area is 276 Å². The van der Waals surface area contributed by atoms with Crippen LogP contribution in [-0.4, -0.2) is 87.5 Å². The second-order valence-electron chi connectivity index (χ2n) is 13.2. The molecule has 0 spiro atoms. The Balaban J connectivity index is 0.929. The normalized spacial score (nSPS) is 24.1. The molecule has 7 rings (SSSR count).